The quantitative estimate of drug-likeness (QED) is 0.707. The highest BCUT2D eigenvalue weighted by Crippen LogP contribution is 2.15. The highest BCUT2D eigenvalue weighted by Gasteiger charge is 2.11. The summed E-state index contributed by atoms with van der Waals surface area (Å²) in [5, 5.41) is 16.0. The Bertz CT molecular complexity index is 390. The first kappa shape index (κ1) is 10.8. The van der Waals surface area contributed by atoms with E-state index in [-0.39, 0.29) is 0 Å². The number of nitrogens with zero attached hydrogens (tertiary/aromatic N) is 1. The molecule has 0 spiro atoms. The molecule has 0 amide bonds. The molecule has 1 atom stereocenters. The van der Waals surface area contributed by atoms with Crippen LogP contribution in [-0.2, 0) is 6.42 Å². The van der Waals surface area contributed by atoms with Crippen LogP contribution in [0.2, 0.25) is 0 Å². The topological polar surface area (TPSA) is 56.7 Å². The lowest BCUT2D eigenvalue weighted by Crippen LogP contribution is -2.38. The fourth-order valence-corrected chi connectivity index (χ4v) is 1.70. The molecule has 1 unspecified atom stereocenters. The number of aromatic hydroxyl groups is 1. The fraction of sp³-hybridized carbons (Fsp3) is 0.417. The summed E-state index contributed by atoms with van der Waals surface area (Å²) in [5.41, 5.74) is 0.960. The van der Waals surface area contributed by atoms with E-state index in [9.17, 15) is 5.11 Å². The number of para-hydroxylation sites is 1. The minimum absolute atomic E-state index is 0.360. The SMILES string of the molecule is CC1CN=C(NCCc2ccccc2O)N1. The van der Waals surface area contributed by atoms with E-state index in [2.05, 4.69) is 22.5 Å². The molecule has 2 rings (SSSR count). The molecule has 3 N–H and O–H groups in total. The Kier molecular flexibility index (Phi) is 3.29. The molecule has 1 heterocycles. The minimum atomic E-state index is 0.360. The third kappa shape index (κ3) is 2.66. The van der Waals surface area contributed by atoms with E-state index in [1.54, 1.807) is 6.07 Å². The van der Waals surface area contributed by atoms with Crippen LogP contribution >= 0.6 is 0 Å². The highest BCUT2D eigenvalue weighted by atomic mass is 16.3. The molecule has 0 saturated heterocycles. The van der Waals surface area contributed by atoms with Crippen molar-refractivity contribution < 1.29 is 5.11 Å². The molecular weight excluding hydrogens is 202 g/mol. The van der Waals surface area contributed by atoms with E-state index < -0.39 is 0 Å². The minimum Gasteiger partial charge on any atom is -0.508 e. The van der Waals surface area contributed by atoms with Gasteiger partial charge >= 0.3 is 0 Å². The molecular formula is C12H17N3O. The zero-order valence-electron chi connectivity index (χ0n) is 9.40. The summed E-state index contributed by atoms with van der Waals surface area (Å²) < 4.78 is 0. The Hall–Kier alpha value is -1.71. The number of phenolic OH excluding ortho intramolecular Hbond substituents is 1. The van der Waals surface area contributed by atoms with Gasteiger partial charge in [0.25, 0.3) is 0 Å². The molecule has 4 heteroatoms. The van der Waals surface area contributed by atoms with Crippen LogP contribution in [0.3, 0.4) is 0 Å². The largest absolute Gasteiger partial charge is 0.508 e. The number of aliphatic imine (C=N–C) groups is 1. The summed E-state index contributed by atoms with van der Waals surface area (Å²) in [6.45, 7) is 3.70. The van der Waals surface area contributed by atoms with Crippen LogP contribution in [0.5, 0.6) is 5.75 Å². The monoisotopic (exact) mass is 219 g/mol. The van der Waals surface area contributed by atoms with E-state index in [0.29, 0.717) is 11.8 Å². The molecule has 1 aliphatic rings. The number of phenols is 1. The van der Waals surface area contributed by atoms with Crippen molar-refractivity contribution in [3.63, 3.8) is 0 Å². The highest BCUT2D eigenvalue weighted by molar-refractivity contribution is 5.81. The molecule has 0 bridgehead atoms. The van der Waals surface area contributed by atoms with Gasteiger partial charge in [-0.25, -0.2) is 0 Å². The average molecular weight is 219 g/mol. The molecule has 1 aliphatic heterocycles. The fourth-order valence-electron chi connectivity index (χ4n) is 1.70. The first-order valence-corrected chi connectivity index (χ1v) is 5.57. The van der Waals surface area contributed by atoms with Crippen molar-refractivity contribution in [3.8, 4) is 5.75 Å². The lowest BCUT2D eigenvalue weighted by molar-refractivity contribution is 0.468. The lowest BCUT2D eigenvalue weighted by atomic mass is 10.1. The maximum atomic E-state index is 9.57. The maximum absolute atomic E-state index is 9.57. The van der Waals surface area contributed by atoms with Crippen LogP contribution in [0, 0.1) is 0 Å². The number of nitrogens with one attached hydrogen (secondary N) is 2. The zero-order valence-corrected chi connectivity index (χ0v) is 9.40. The Morgan fingerprint density at radius 2 is 2.31 bits per heavy atom. The van der Waals surface area contributed by atoms with Crippen molar-refractivity contribution in [3.05, 3.63) is 29.8 Å². The van der Waals surface area contributed by atoms with E-state index in [1.165, 1.54) is 0 Å². The molecule has 0 aliphatic carbocycles. The van der Waals surface area contributed by atoms with Crippen molar-refractivity contribution in [2.45, 2.75) is 19.4 Å². The van der Waals surface area contributed by atoms with Gasteiger partial charge in [-0.05, 0) is 25.0 Å². The maximum Gasteiger partial charge on any atom is 0.191 e. The Morgan fingerprint density at radius 1 is 1.50 bits per heavy atom. The predicted molar refractivity (Wildman–Crippen MR) is 64.7 cm³/mol. The van der Waals surface area contributed by atoms with Gasteiger partial charge in [0, 0.05) is 12.6 Å². The summed E-state index contributed by atoms with van der Waals surface area (Å²) in [6, 6.07) is 7.83. The van der Waals surface area contributed by atoms with Gasteiger partial charge in [0.15, 0.2) is 5.96 Å². The molecule has 0 fully saturated rings. The molecule has 1 aromatic carbocycles. The van der Waals surface area contributed by atoms with Crippen molar-refractivity contribution in [1.29, 1.82) is 0 Å². The van der Waals surface area contributed by atoms with Crippen LogP contribution in [0.1, 0.15) is 12.5 Å². The molecule has 0 saturated carbocycles. The molecule has 4 nitrogen and oxygen atoms in total. The standard InChI is InChI=1S/C12H17N3O/c1-9-8-14-12(15-9)13-7-6-10-4-2-3-5-11(10)16/h2-5,9,16H,6-8H2,1H3,(H2,13,14,15). The van der Waals surface area contributed by atoms with E-state index >= 15 is 0 Å². The van der Waals surface area contributed by atoms with Gasteiger partial charge in [-0.15, -0.1) is 0 Å². The Morgan fingerprint density at radius 3 is 3.00 bits per heavy atom. The number of hydrogen-bond acceptors (Lipinski definition) is 4. The van der Waals surface area contributed by atoms with Crippen LogP contribution in [0.15, 0.2) is 29.3 Å². The van der Waals surface area contributed by atoms with Crippen molar-refractivity contribution in [2.24, 2.45) is 4.99 Å². The van der Waals surface area contributed by atoms with Gasteiger partial charge in [0.1, 0.15) is 5.75 Å². The number of hydrogen-bond donors (Lipinski definition) is 3. The second kappa shape index (κ2) is 4.88. The predicted octanol–water partition coefficient (Wildman–Crippen LogP) is 0.872. The van der Waals surface area contributed by atoms with Gasteiger partial charge in [0.05, 0.1) is 6.54 Å². The van der Waals surface area contributed by atoms with Gasteiger partial charge in [0.2, 0.25) is 0 Å². The number of guanidine groups is 1. The van der Waals surface area contributed by atoms with Crippen LogP contribution in [0.4, 0.5) is 0 Å². The summed E-state index contributed by atoms with van der Waals surface area (Å²) in [7, 11) is 0. The Balaban J connectivity index is 1.78. The molecule has 86 valence electrons. The third-order valence-corrected chi connectivity index (χ3v) is 2.58. The van der Waals surface area contributed by atoms with Gasteiger partial charge in [-0.3, -0.25) is 4.99 Å². The van der Waals surface area contributed by atoms with Crippen molar-refractivity contribution in [1.82, 2.24) is 10.6 Å². The van der Waals surface area contributed by atoms with Crippen LogP contribution in [0.25, 0.3) is 0 Å². The lowest BCUT2D eigenvalue weighted by Gasteiger charge is -2.09. The average Bonchev–Trinajstić information content (AvgIpc) is 2.67. The summed E-state index contributed by atoms with van der Waals surface area (Å²) >= 11 is 0. The van der Waals surface area contributed by atoms with Crippen molar-refractivity contribution >= 4 is 5.96 Å². The van der Waals surface area contributed by atoms with Crippen LogP contribution in [-0.4, -0.2) is 30.2 Å². The normalized spacial score (nSPS) is 19.1. The molecule has 16 heavy (non-hydrogen) atoms. The first-order chi connectivity index (χ1) is 7.75. The first-order valence-electron chi connectivity index (χ1n) is 5.57. The van der Waals surface area contributed by atoms with Gasteiger partial charge in [-0.1, -0.05) is 18.2 Å². The summed E-state index contributed by atoms with van der Waals surface area (Å²) in [6.07, 6.45) is 0.793. The van der Waals surface area contributed by atoms with E-state index in [1.807, 2.05) is 18.2 Å². The van der Waals surface area contributed by atoms with Gasteiger partial charge < -0.3 is 15.7 Å². The smallest absolute Gasteiger partial charge is 0.191 e. The third-order valence-electron chi connectivity index (χ3n) is 2.58. The Labute approximate surface area is 95.4 Å². The second-order valence-corrected chi connectivity index (χ2v) is 4.04. The molecule has 1 aromatic rings. The van der Waals surface area contributed by atoms with Gasteiger partial charge in [-0.2, -0.15) is 0 Å². The van der Waals surface area contributed by atoms with E-state index in [0.717, 1.165) is 31.0 Å². The molecule has 0 radical (unpaired) electrons. The number of benzene rings is 1. The summed E-state index contributed by atoms with van der Waals surface area (Å²) in [4.78, 5) is 4.30. The molecule has 0 aromatic heterocycles. The van der Waals surface area contributed by atoms with E-state index in [4.69, 9.17) is 0 Å². The zero-order chi connectivity index (χ0) is 11.4. The summed E-state index contributed by atoms with van der Waals surface area (Å²) in [5.74, 6) is 1.22. The number of rotatable bonds is 3. The van der Waals surface area contributed by atoms with Crippen molar-refractivity contribution in [2.75, 3.05) is 13.1 Å². The second-order valence-electron chi connectivity index (χ2n) is 4.04. The van der Waals surface area contributed by atoms with Crippen LogP contribution < -0.4 is 10.6 Å².